The fourth-order valence-electron chi connectivity index (χ4n) is 5.11. The molecule has 0 fully saturated rings. The van der Waals surface area contributed by atoms with Gasteiger partial charge in [-0.1, -0.05) is 42.5 Å². The van der Waals surface area contributed by atoms with Gasteiger partial charge in [-0.05, 0) is 52.1 Å². The van der Waals surface area contributed by atoms with Crippen molar-refractivity contribution >= 4 is 28.0 Å². The van der Waals surface area contributed by atoms with E-state index in [4.69, 9.17) is 0 Å². The number of fused-ring (bicyclic) bond motifs is 5. The molecule has 162 valence electrons. The molecule has 1 atom stereocenters. The Morgan fingerprint density at radius 1 is 0.824 bits per heavy atom. The summed E-state index contributed by atoms with van der Waals surface area (Å²) in [5.74, 6) is -0.125. The number of benzene rings is 2. The third-order valence-electron chi connectivity index (χ3n) is 6.64. The minimum atomic E-state index is -0.246. The van der Waals surface area contributed by atoms with Gasteiger partial charge in [-0.3, -0.25) is 4.79 Å². The van der Waals surface area contributed by atoms with E-state index < -0.39 is 0 Å². The first kappa shape index (κ1) is 18.8. The van der Waals surface area contributed by atoms with Gasteiger partial charge in [0.1, 0.15) is 11.3 Å². The highest BCUT2D eigenvalue weighted by atomic mass is 16.1. The standard InChI is InChI=1S/C28H19N5O/c34-28(22-10-13-31-27-21(22)9-12-30-27)33-25-20-5-2-1-4-19(20)24-18(6-3-7-23(24)25)17-14-16-8-11-29-26(16)32-15-17/h1-15,25H,(H,29,32)(H,30,31)(H,33,34). The molecule has 0 bridgehead atoms. The number of rotatable bonds is 3. The monoisotopic (exact) mass is 441 g/mol. The number of amides is 1. The maximum atomic E-state index is 13.4. The molecular weight excluding hydrogens is 422 g/mol. The van der Waals surface area contributed by atoms with Crippen LogP contribution in [0.15, 0.2) is 91.5 Å². The SMILES string of the molecule is O=C(NC1c2ccccc2-c2c(-c3cnc4[nH]ccc4c3)cccc21)c1ccnc2[nH]ccc12. The molecule has 0 spiro atoms. The van der Waals surface area contributed by atoms with Crippen LogP contribution in [0.3, 0.4) is 0 Å². The van der Waals surface area contributed by atoms with Crippen molar-refractivity contribution in [1.29, 1.82) is 0 Å². The molecule has 2 aromatic carbocycles. The first-order valence-corrected chi connectivity index (χ1v) is 11.2. The van der Waals surface area contributed by atoms with Crippen LogP contribution in [0.4, 0.5) is 0 Å². The third-order valence-corrected chi connectivity index (χ3v) is 6.64. The Morgan fingerprint density at radius 3 is 2.62 bits per heavy atom. The van der Waals surface area contributed by atoms with Gasteiger partial charge in [-0.2, -0.15) is 0 Å². The van der Waals surface area contributed by atoms with Crippen molar-refractivity contribution < 1.29 is 4.79 Å². The number of carbonyl (C=O) groups is 1. The van der Waals surface area contributed by atoms with Crippen LogP contribution in [-0.4, -0.2) is 25.8 Å². The normalized spacial score (nSPS) is 14.3. The summed E-state index contributed by atoms with van der Waals surface area (Å²) in [6.45, 7) is 0. The Morgan fingerprint density at radius 2 is 1.65 bits per heavy atom. The number of nitrogens with zero attached hydrogens (tertiary/aromatic N) is 2. The first-order valence-electron chi connectivity index (χ1n) is 11.2. The predicted molar refractivity (Wildman–Crippen MR) is 132 cm³/mol. The number of aromatic amines is 2. The van der Waals surface area contributed by atoms with Crippen molar-refractivity contribution in [3.8, 4) is 22.3 Å². The zero-order valence-electron chi connectivity index (χ0n) is 18.0. The van der Waals surface area contributed by atoms with Crippen molar-refractivity contribution in [2.75, 3.05) is 0 Å². The average Bonchev–Trinajstić information content (AvgIpc) is 3.61. The zero-order chi connectivity index (χ0) is 22.6. The number of hydrogen-bond acceptors (Lipinski definition) is 3. The van der Waals surface area contributed by atoms with Crippen molar-refractivity contribution in [1.82, 2.24) is 25.3 Å². The summed E-state index contributed by atoms with van der Waals surface area (Å²) in [6.07, 6.45) is 7.27. The van der Waals surface area contributed by atoms with Crippen molar-refractivity contribution in [3.05, 3.63) is 108 Å². The summed E-state index contributed by atoms with van der Waals surface area (Å²) in [6, 6.07) is 22.2. The second-order valence-electron chi connectivity index (χ2n) is 8.50. The van der Waals surface area contributed by atoms with E-state index in [-0.39, 0.29) is 11.9 Å². The molecule has 0 radical (unpaired) electrons. The highest BCUT2D eigenvalue weighted by Crippen LogP contribution is 2.48. The molecule has 34 heavy (non-hydrogen) atoms. The van der Waals surface area contributed by atoms with E-state index in [0.717, 1.165) is 49.8 Å². The highest BCUT2D eigenvalue weighted by Gasteiger charge is 2.32. The summed E-state index contributed by atoms with van der Waals surface area (Å²) in [5, 5.41) is 5.17. The fraction of sp³-hybridized carbons (Fsp3) is 0.0357. The van der Waals surface area contributed by atoms with E-state index in [1.807, 2.05) is 36.7 Å². The second kappa shape index (κ2) is 7.15. The lowest BCUT2D eigenvalue weighted by Gasteiger charge is -2.17. The number of carbonyl (C=O) groups excluding carboxylic acids is 1. The average molecular weight is 441 g/mol. The maximum absolute atomic E-state index is 13.4. The number of pyridine rings is 2. The van der Waals surface area contributed by atoms with E-state index in [0.29, 0.717) is 11.2 Å². The number of aromatic nitrogens is 4. The third kappa shape index (κ3) is 2.72. The summed E-state index contributed by atoms with van der Waals surface area (Å²) < 4.78 is 0. The van der Waals surface area contributed by atoms with Crippen LogP contribution in [0.5, 0.6) is 0 Å². The molecule has 1 unspecified atom stereocenters. The van der Waals surface area contributed by atoms with Gasteiger partial charge >= 0.3 is 0 Å². The molecule has 4 heterocycles. The van der Waals surface area contributed by atoms with Crippen LogP contribution in [-0.2, 0) is 0 Å². The van der Waals surface area contributed by atoms with Gasteiger partial charge in [0.2, 0.25) is 0 Å². The van der Waals surface area contributed by atoms with E-state index in [1.165, 1.54) is 0 Å². The van der Waals surface area contributed by atoms with Gasteiger partial charge < -0.3 is 15.3 Å². The molecule has 0 saturated carbocycles. The van der Waals surface area contributed by atoms with Gasteiger partial charge in [-0.15, -0.1) is 0 Å². The van der Waals surface area contributed by atoms with Crippen molar-refractivity contribution in [2.24, 2.45) is 0 Å². The van der Waals surface area contributed by atoms with E-state index in [2.05, 4.69) is 61.7 Å². The topological polar surface area (TPSA) is 86.5 Å². The number of nitrogens with one attached hydrogen (secondary N) is 3. The maximum Gasteiger partial charge on any atom is 0.252 e. The largest absolute Gasteiger partial charge is 0.346 e. The summed E-state index contributed by atoms with van der Waals surface area (Å²) in [5.41, 5.74) is 8.79. The molecule has 7 rings (SSSR count). The molecule has 1 aliphatic carbocycles. The van der Waals surface area contributed by atoms with Crippen LogP contribution >= 0.6 is 0 Å². The lowest BCUT2D eigenvalue weighted by Crippen LogP contribution is -2.28. The molecule has 0 aliphatic heterocycles. The van der Waals surface area contributed by atoms with Gasteiger partial charge in [-0.25, -0.2) is 9.97 Å². The Labute approximate surface area is 194 Å². The number of hydrogen-bond donors (Lipinski definition) is 3. The Hall–Kier alpha value is -4.71. The molecule has 1 amide bonds. The van der Waals surface area contributed by atoms with Gasteiger partial charge in [0.25, 0.3) is 5.91 Å². The summed E-state index contributed by atoms with van der Waals surface area (Å²) in [4.78, 5) is 28.6. The van der Waals surface area contributed by atoms with Crippen molar-refractivity contribution in [2.45, 2.75) is 6.04 Å². The summed E-state index contributed by atoms with van der Waals surface area (Å²) >= 11 is 0. The van der Waals surface area contributed by atoms with Crippen LogP contribution < -0.4 is 5.32 Å². The van der Waals surface area contributed by atoms with E-state index in [9.17, 15) is 4.79 Å². The summed E-state index contributed by atoms with van der Waals surface area (Å²) in [7, 11) is 0. The Kier molecular flexibility index (Phi) is 3.96. The predicted octanol–water partition coefficient (Wildman–Crippen LogP) is 5.61. The lowest BCUT2D eigenvalue weighted by atomic mass is 9.94. The lowest BCUT2D eigenvalue weighted by molar-refractivity contribution is 0.0945. The molecule has 6 aromatic rings. The van der Waals surface area contributed by atoms with Crippen LogP contribution in [0.2, 0.25) is 0 Å². The van der Waals surface area contributed by atoms with Gasteiger partial charge in [0.15, 0.2) is 0 Å². The minimum Gasteiger partial charge on any atom is -0.346 e. The molecular formula is C28H19N5O. The van der Waals surface area contributed by atoms with E-state index in [1.54, 1.807) is 18.5 Å². The molecule has 3 N–H and O–H groups in total. The van der Waals surface area contributed by atoms with Gasteiger partial charge in [0, 0.05) is 41.1 Å². The molecule has 6 nitrogen and oxygen atoms in total. The number of H-pyrrole nitrogens is 2. The quantitative estimate of drug-likeness (QED) is 0.334. The second-order valence-corrected chi connectivity index (χ2v) is 8.50. The Balaban J connectivity index is 1.36. The first-order chi connectivity index (χ1) is 16.8. The van der Waals surface area contributed by atoms with Crippen LogP contribution in [0.1, 0.15) is 27.5 Å². The van der Waals surface area contributed by atoms with Crippen LogP contribution in [0, 0.1) is 0 Å². The van der Waals surface area contributed by atoms with Crippen molar-refractivity contribution in [3.63, 3.8) is 0 Å². The zero-order valence-corrected chi connectivity index (χ0v) is 18.0. The molecule has 6 heteroatoms. The van der Waals surface area contributed by atoms with Crippen LogP contribution in [0.25, 0.3) is 44.3 Å². The molecule has 0 saturated heterocycles. The Bertz CT molecular complexity index is 1730. The molecule has 1 aliphatic rings. The smallest absolute Gasteiger partial charge is 0.252 e. The van der Waals surface area contributed by atoms with Gasteiger partial charge in [0.05, 0.1) is 11.6 Å². The highest BCUT2D eigenvalue weighted by molar-refractivity contribution is 6.06. The molecule has 4 aromatic heterocycles. The minimum absolute atomic E-state index is 0.125. The fourth-order valence-corrected chi connectivity index (χ4v) is 5.11. The van der Waals surface area contributed by atoms with E-state index >= 15 is 0 Å².